The van der Waals surface area contributed by atoms with E-state index in [1.807, 2.05) is 0 Å². The average Bonchev–Trinajstić information content (AvgIpc) is 2.65. The second kappa shape index (κ2) is 6.23. The third kappa shape index (κ3) is 5.38. The maximum atomic E-state index is 11.7. The van der Waals surface area contributed by atoms with Crippen LogP contribution in [0, 0.1) is 0 Å². The van der Waals surface area contributed by atoms with Crippen LogP contribution in [-0.2, 0) is 16.3 Å². The van der Waals surface area contributed by atoms with E-state index < -0.39 is 9.84 Å². The summed E-state index contributed by atoms with van der Waals surface area (Å²) >= 11 is 1.41. The van der Waals surface area contributed by atoms with Crippen molar-refractivity contribution in [2.45, 2.75) is 19.3 Å². The largest absolute Gasteiger partial charge is 0.330 e. The number of thiazole rings is 1. The molecular formula is C10H16N2O3S2. The highest BCUT2D eigenvalue weighted by atomic mass is 32.2. The van der Waals surface area contributed by atoms with Gasteiger partial charge in [-0.05, 0) is 13.0 Å². The van der Waals surface area contributed by atoms with E-state index >= 15 is 0 Å². The van der Waals surface area contributed by atoms with Gasteiger partial charge in [-0.15, -0.1) is 11.3 Å². The lowest BCUT2D eigenvalue weighted by Crippen LogP contribution is -2.07. The molecule has 1 aromatic rings. The van der Waals surface area contributed by atoms with E-state index in [0.717, 1.165) is 5.01 Å². The summed E-state index contributed by atoms with van der Waals surface area (Å²) in [6.45, 7) is 0.509. The Morgan fingerprint density at radius 1 is 1.53 bits per heavy atom. The van der Waals surface area contributed by atoms with Gasteiger partial charge in [0, 0.05) is 24.5 Å². The minimum Gasteiger partial charge on any atom is -0.330 e. The van der Waals surface area contributed by atoms with Crippen molar-refractivity contribution in [1.29, 1.82) is 0 Å². The molecule has 7 heteroatoms. The lowest BCUT2D eigenvalue weighted by molar-refractivity contribution is 0.0977. The highest BCUT2D eigenvalue weighted by molar-refractivity contribution is 7.90. The van der Waals surface area contributed by atoms with Crippen LogP contribution < -0.4 is 5.73 Å². The Hall–Kier alpha value is -0.790. The third-order valence-electron chi connectivity index (χ3n) is 2.11. The van der Waals surface area contributed by atoms with Crippen molar-refractivity contribution in [3.63, 3.8) is 0 Å². The first kappa shape index (κ1) is 14.3. The fraction of sp³-hybridized carbons (Fsp3) is 0.600. The third-order valence-corrected chi connectivity index (χ3v) is 4.05. The van der Waals surface area contributed by atoms with E-state index in [1.54, 1.807) is 5.38 Å². The van der Waals surface area contributed by atoms with E-state index in [1.165, 1.54) is 17.6 Å². The van der Waals surface area contributed by atoms with Crippen LogP contribution in [0.2, 0.25) is 0 Å². The molecule has 0 fully saturated rings. The van der Waals surface area contributed by atoms with Gasteiger partial charge in [0.25, 0.3) is 0 Å². The Kier molecular flexibility index (Phi) is 5.23. The second-order valence-corrected chi connectivity index (χ2v) is 7.02. The molecule has 0 unspecified atom stereocenters. The Balaban J connectivity index is 2.46. The fourth-order valence-electron chi connectivity index (χ4n) is 1.30. The number of carbonyl (C=O) groups is 1. The summed E-state index contributed by atoms with van der Waals surface area (Å²) in [4.78, 5) is 15.8. The van der Waals surface area contributed by atoms with E-state index in [0.29, 0.717) is 25.1 Å². The summed E-state index contributed by atoms with van der Waals surface area (Å²) in [5.41, 5.74) is 5.81. The standard InChI is InChI=1S/C10H16N2O3S2/c1-17(14,15)6-2-3-9(13)8-7-16-10(12-8)4-5-11/h7H,2-6,11H2,1H3. The fourth-order valence-corrected chi connectivity index (χ4v) is 2.79. The molecule has 0 bridgehead atoms. The Labute approximate surface area is 105 Å². The average molecular weight is 276 g/mol. The predicted octanol–water partition coefficient (Wildman–Crippen LogP) is 0.652. The van der Waals surface area contributed by atoms with Crippen molar-refractivity contribution >= 4 is 27.0 Å². The molecule has 1 heterocycles. The SMILES string of the molecule is CS(=O)(=O)CCCC(=O)c1csc(CCN)n1. The van der Waals surface area contributed by atoms with Crippen LogP contribution in [0.1, 0.15) is 28.3 Å². The molecule has 0 aliphatic carbocycles. The van der Waals surface area contributed by atoms with Crippen molar-refractivity contribution in [3.8, 4) is 0 Å². The highest BCUT2D eigenvalue weighted by Gasteiger charge is 2.11. The number of aromatic nitrogens is 1. The zero-order valence-corrected chi connectivity index (χ0v) is 11.3. The molecule has 0 saturated carbocycles. The molecule has 17 heavy (non-hydrogen) atoms. The quantitative estimate of drug-likeness (QED) is 0.738. The monoisotopic (exact) mass is 276 g/mol. The molecule has 0 amide bonds. The van der Waals surface area contributed by atoms with Gasteiger partial charge in [-0.25, -0.2) is 13.4 Å². The summed E-state index contributed by atoms with van der Waals surface area (Å²) < 4.78 is 21.8. The van der Waals surface area contributed by atoms with Gasteiger partial charge in [-0.3, -0.25) is 4.79 Å². The maximum Gasteiger partial charge on any atom is 0.182 e. The Morgan fingerprint density at radius 3 is 2.82 bits per heavy atom. The molecule has 0 aliphatic heterocycles. The first-order chi connectivity index (χ1) is 7.92. The Bertz CT molecular complexity index is 479. The first-order valence-electron chi connectivity index (χ1n) is 5.28. The molecule has 1 aromatic heterocycles. The molecule has 0 aromatic carbocycles. The zero-order chi connectivity index (χ0) is 12.9. The van der Waals surface area contributed by atoms with Crippen LogP contribution in [0.3, 0.4) is 0 Å². The van der Waals surface area contributed by atoms with Gasteiger partial charge in [0.05, 0.1) is 10.8 Å². The summed E-state index contributed by atoms with van der Waals surface area (Å²) in [6.07, 6.45) is 2.40. The van der Waals surface area contributed by atoms with Gasteiger partial charge in [-0.2, -0.15) is 0 Å². The lowest BCUT2D eigenvalue weighted by Gasteiger charge is -1.97. The smallest absolute Gasteiger partial charge is 0.182 e. The molecule has 0 atom stereocenters. The molecule has 1 rings (SSSR count). The molecule has 0 radical (unpaired) electrons. The minimum atomic E-state index is -2.99. The van der Waals surface area contributed by atoms with Gasteiger partial charge in [0.15, 0.2) is 5.78 Å². The van der Waals surface area contributed by atoms with Crippen LogP contribution in [0.4, 0.5) is 0 Å². The van der Waals surface area contributed by atoms with Crippen LogP contribution in [-0.4, -0.2) is 37.7 Å². The summed E-state index contributed by atoms with van der Waals surface area (Å²) in [6, 6.07) is 0. The van der Waals surface area contributed by atoms with E-state index in [-0.39, 0.29) is 18.0 Å². The van der Waals surface area contributed by atoms with Gasteiger partial charge < -0.3 is 5.73 Å². The Morgan fingerprint density at radius 2 is 2.24 bits per heavy atom. The number of nitrogens with zero attached hydrogens (tertiary/aromatic N) is 1. The number of sulfone groups is 1. The molecule has 0 aliphatic rings. The van der Waals surface area contributed by atoms with Crippen LogP contribution in [0.15, 0.2) is 5.38 Å². The second-order valence-electron chi connectivity index (χ2n) is 3.82. The molecule has 5 nitrogen and oxygen atoms in total. The van der Waals surface area contributed by atoms with Gasteiger partial charge in [-0.1, -0.05) is 0 Å². The minimum absolute atomic E-state index is 0.0402. The lowest BCUT2D eigenvalue weighted by atomic mass is 10.2. The summed E-state index contributed by atoms with van der Waals surface area (Å²) in [7, 11) is -2.99. The van der Waals surface area contributed by atoms with Crippen molar-refractivity contribution < 1.29 is 13.2 Å². The molecule has 0 saturated heterocycles. The first-order valence-corrected chi connectivity index (χ1v) is 8.22. The molecule has 2 N–H and O–H groups in total. The molecule has 0 spiro atoms. The van der Waals surface area contributed by atoms with Crippen molar-refractivity contribution in [3.05, 3.63) is 16.1 Å². The zero-order valence-electron chi connectivity index (χ0n) is 9.68. The van der Waals surface area contributed by atoms with Gasteiger partial charge >= 0.3 is 0 Å². The predicted molar refractivity (Wildman–Crippen MR) is 68.1 cm³/mol. The number of hydrogen-bond acceptors (Lipinski definition) is 6. The number of rotatable bonds is 7. The van der Waals surface area contributed by atoms with Crippen molar-refractivity contribution in [2.24, 2.45) is 5.73 Å². The van der Waals surface area contributed by atoms with Crippen LogP contribution >= 0.6 is 11.3 Å². The number of nitrogens with two attached hydrogens (primary N) is 1. The van der Waals surface area contributed by atoms with Crippen LogP contribution in [0.5, 0.6) is 0 Å². The van der Waals surface area contributed by atoms with Crippen molar-refractivity contribution in [1.82, 2.24) is 4.98 Å². The number of carbonyl (C=O) groups excluding carboxylic acids is 1. The summed E-state index contributed by atoms with van der Waals surface area (Å²) in [5.74, 6) is -0.0633. The topological polar surface area (TPSA) is 90.1 Å². The van der Waals surface area contributed by atoms with Crippen LogP contribution in [0.25, 0.3) is 0 Å². The summed E-state index contributed by atoms with van der Waals surface area (Å²) in [5, 5.41) is 2.55. The number of Topliss-reactive ketones (excluding diaryl/α,β-unsaturated/α-hetero) is 1. The highest BCUT2D eigenvalue weighted by Crippen LogP contribution is 2.12. The van der Waals surface area contributed by atoms with E-state index in [2.05, 4.69) is 4.98 Å². The number of ketones is 1. The van der Waals surface area contributed by atoms with E-state index in [9.17, 15) is 13.2 Å². The van der Waals surface area contributed by atoms with Crippen molar-refractivity contribution in [2.75, 3.05) is 18.6 Å². The van der Waals surface area contributed by atoms with E-state index in [4.69, 9.17) is 5.73 Å². The maximum absolute atomic E-state index is 11.7. The van der Waals surface area contributed by atoms with Gasteiger partial charge in [0.1, 0.15) is 15.5 Å². The number of hydrogen-bond donors (Lipinski definition) is 1. The normalized spacial score (nSPS) is 11.6. The molecule has 96 valence electrons. The van der Waals surface area contributed by atoms with Gasteiger partial charge in [0.2, 0.25) is 0 Å². The molecular weight excluding hydrogens is 260 g/mol.